The summed E-state index contributed by atoms with van der Waals surface area (Å²) in [6.45, 7) is 28.4. The van der Waals surface area contributed by atoms with Crippen LogP contribution in [0.5, 0.6) is 0 Å². The first-order chi connectivity index (χ1) is 38.4. The van der Waals surface area contributed by atoms with E-state index >= 15 is 0 Å². The van der Waals surface area contributed by atoms with Gasteiger partial charge in [-0.15, -0.1) is 0 Å². The fourth-order valence-corrected chi connectivity index (χ4v) is 10.1. The maximum atomic E-state index is 14.5. The molecule has 2 fully saturated rings. The molecular formula is C58H102N12O13. The van der Waals surface area contributed by atoms with Crippen LogP contribution < -0.4 is 53.6 Å². The van der Waals surface area contributed by atoms with Crippen LogP contribution in [0.2, 0.25) is 0 Å². The number of hydrogen-bond donors (Lipinski definition) is 11. The second-order valence-electron chi connectivity index (χ2n) is 25.1. The number of likely N-dealkylation sites (tertiary alicyclic amines) is 2. The van der Waals surface area contributed by atoms with Gasteiger partial charge in [-0.05, 0) is 109 Å². The first kappa shape index (κ1) is 72.7. The van der Waals surface area contributed by atoms with Crippen molar-refractivity contribution in [2.75, 3.05) is 19.7 Å². The average Bonchev–Trinajstić information content (AvgIpc) is 4.17. The number of nitrogens with one attached hydrogen (secondary N) is 9. The smallest absolute Gasteiger partial charge is 0.248 e. The lowest BCUT2D eigenvalue weighted by molar-refractivity contribution is -0.146. The molecule has 0 radical (unpaired) electrons. The van der Waals surface area contributed by atoms with Gasteiger partial charge >= 0.3 is 0 Å². The molecule has 472 valence electrons. The zero-order chi connectivity index (χ0) is 63.6. The van der Waals surface area contributed by atoms with E-state index in [0.29, 0.717) is 32.1 Å². The van der Waals surface area contributed by atoms with Crippen molar-refractivity contribution in [3.05, 3.63) is 0 Å². The van der Waals surface area contributed by atoms with Gasteiger partial charge in [0.25, 0.3) is 0 Å². The molecule has 11 unspecified atom stereocenters. The van der Waals surface area contributed by atoms with Gasteiger partial charge in [-0.1, -0.05) is 89.0 Å². The van der Waals surface area contributed by atoms with Crippen molar-refractivity contribution in [2.24, 2.45) is 35.3 Å². The summed E-state index contributed by atoms with van der Waals surface area (Å²) in [6.07, 6.45) is 2.22. The molecular weight excluding hydrogens is 1070 g/mol. The van der Waals surface area contributed by atoms with Gasteiger partial charge in [0.05, 0.1) is 12.6 Å². The van der Waals surface area contributed by atoms with Crippen LogP contribution in [0, 0.1) is 29.6 Å². The molecule has 11 atom stereocenters. The van der Waals surface area contributed by atoms with Gasteiger partial charge in [-0.2, -0.15) is 0 Å². The molecule has 0 aromatic heterocycles. The zero-order valence-electron chi connectivity index (χ0n) is 52.5. The van der Waals surface area contributed by atoms with Gasteiger partial charge < -0.3 is 68.5 Å². The molecule has 0 aliphatic carbocycles. The van der Waals surface area contributed by atoms with E-state index < -0.39 is 154 Å². The number of hydrogen-bond acceptors (Lipinski definition) is 13. The van der Waals surface area contributed by atoms with E-state index in [-0.39, 0.29) is 63.6 Å². The molecule has 83 heavy (non-hydrogen) atoms. The second-order valence-corrected chi connectivity index (χ2v) is 25.1. The van der Waals surface area contributed by atoms with Gasteiger partial charge in [0.15, 0.2) is 0 Å². The van der Waals surface area contributed by atoms with Crippen LogP contribution in [-0.4, -0.2) is 170 Å². The maximum Gasteiger partial charge on any atom is 0.248 e. The van der Waals surface area contributed by atoms with Crippen LogP contribution in [-0.2, 0) is 57.5 Å². The highest BCUT2D eigenvalue weighted by Crippen LogP contribution is 2.25. The Morgan fingerprint density at radius 2 is 1.01 bits per heavy atom. The minimum Gasteiger partial charge on any atom is -0.394 e. The number of nitrogens with two attached hydrogens (primary N) is 1. The molecule has 12 amide bonds. The fourth-order valence-electron chi connectivity index (χ4n) is 10.1. The number of primary amides is 1. The Balaban J connectivity index is 2.31. The third-order valence-electron chi connectivity index (χ3n) is 16.0. The highest BCUT2D eigenvalue weighted by atomic mass is 16.3. The number of aliphatic hydroxyl groups is 1. The van der Waals surface area contributed by atoms with Crippen LogP contribution in [0.4, 0.5) is 0 Å². The summed E-state index contributed by atoms with van der Waals surface area (Å²) in [5.74, 6) is -9.41. The summed E-state index contributed by atoms with van der Waals surface area (Å²) in [6, 6.07) is -8.54. The Kier molecular flexibility index (Phi) is 28.1. The lowest BCUT2D eigenvalue weighted by Gasteiger charge is -2.36. The summed E-state index contributed by atoms with van der Waals surface area (Å²) in [4.78, 5) is 167. The van der Waals surface area contributed by atoms with Crippen LogP contribution >= 0.6 is 0 Å². The van der Waals surface area contributed by atoms with E-state index in [1.165, 1.54) is 51.3 Å². The first-order valence-electron chi connectivity index (χ1n) is 29.7. The average molecular weight is 1180 g/mol. The highest BCUT2D eigenvalue weighted by molar-refractivity contribution is 6.01. The number of amides is 12. The summed E-state index contributed by atoms with van der Waals surface area (Å²) in [7, 11) is 0. The van der Waals surface area contributed by atoms with Crippen molar-refractivity contribution in [3.8, 4) is 0 Å². The van der Waals surface area contributed by atoms with Gasteiger partial charge in [-0.3, -0.25) is 57.5 Å². The largest absolute Gasteiger partial charge is 0.394 e. The lowest BCUT2D eigenvalue weighted by atomic mass is 9.94. The van der Waals surface area contributed by atoms with E-state index in [4.69, 9.17) is 5.73 Å². The third-order valence-corrected chi connectivity index (χ3v) is 16.0. The predicted molar refractivity (Wildman–Crippen MR) is 312 cm³/mol. The molecule has 0 aromatic rings. The molecule has 25 nitrogen and oxygen atoms in total. The maximum absolute atomic E-state index is 14.5. The molecule has 0 aromatic carbocycles. The summed E-state index contributed by atoms with van der Waals surface area (Å²) >= 11 is 0. The predicted octanol–water partition coefficient (Wildman–Crippen LogP) is 0.680. The van der Waals surface area contributed by atoms with Gasteiger partial charge in [0.2, 0.25) is 70.9 Å². The highest BCUT2D eigenvalue weighted by Gasteiger charge is 2.46. The quantitative estimate of drug-likeness (QED) is 0.0442. The van der Waals surface area contributed by atoms with Crippen molar-refractivity contribution in [1.29, 1.82) is 0 Å². The van der Waals surface area contributed by atoms with Crippen molar-refractivity contribution in [2.45, 2.75) is 247 Å². The summed E-state index contributed by atoms with van der Waals surface area (Å²) < 4.78 is 0. The monoisotopic (exact) mass is 1170 g/mol. The summed E-state index contributed by atoms with van der Waals surface area (Å²) in [5, 5.41) is 34.5. The molecule has 2 rings (SSSR count). The number of carbonyl (C=O) groups excluding carboxylic acids is 12. The molecule has 2 saturated heterocycles. The standard InChI is InChI=1S/C58H102N12O13/c1-18-34(10)44(50(78)60-38(29-31(4)5)47(75)67-56(13,14)54(82)69-27-21-23-40(69)48(76)61-39(30-71)32(6)7)65-49(77)41-24-22-28-70(41)55(83)57(15,16)68-52(80)43(33(8)9)63-51(79)45(35(11)19-2)64-46(74)37(25-26-42(59)73)62-53(81)58(17,20-3)66-36(12)72/h31-35,37-41,43-45,71H,18-30H2,1-17H3,(H2,59,73)(H,60,78)(H,61,76)(H,62,81)(H,63,79)(H,64,74)(H,65,77)(H,66,72)(H,67,75)(H,68,80). The Morgan fingerprint density at radius 3 is 1.43 bits per heavy atom. The van der Waals surface area contributed by atoms with Crippen LogP contribution in [0.1, 0.15) is 182 Å². The number of aliphatic hydroxyl groups excluding tert-OH is 1. The van der Waals surface area contributed by atoms with Crippen molar-refractivity contribution in [1.82, 2.24) is 57.7 Å². The Hall–Kier alpha value is -6.40. The van der Waals surface area contributed by atoms with Crippen LogP contribution in [0.15, 0.2) is 0 Å². The molecule has 25 heteroatoms. The van der Waals surface area contributed by atoms with E-state index in [1.54, 1.807) is 41.5 Å². The van der Waals surface area contributed by atoms with E-state index in [9.17, 15) is 62.6 Å². The van der Waals surface area contributed by atoms with Crippen molar-refractivity contribution >= 4 is 70.9 Å². The minimum atomic E-state index is -1.66. The van der Waals surface area contributed by atoms with E-state index in [2.05, 4.69) is 47.9 Å². The molecule has 0 spiro atoms. The van der Waals surface area contributed by atoms with Crippen LogP contribution in [0.3, 0.4) is 0 Å². The first-order valence-corrected chi connectivity index (χ1v) is 29.7. The lowest BCUT2D eigenvalue weighted by Crippen LogP contribution is -2.65. The van der Waals surface area contributed by atoms with Gasteiger partial charge in [0.1, 0.15) is 58.9 Å². The topological polar surface area (TPSA) is 366 Å². The Morgan fingerprint density at radius 1 is 0.554 bits per heavy atom. The molecule has 0 saturated carbocycles. The molecule has 12 N–H and O–H groups in total. The SMILES string of the molecule is CCC(C)C(NC(=O)C(CCC(N)=O)NC(=O)C(C)(CC)NC(C)=O)C(=O)NC(C(=O)NC(C)(C)C(=O)N1CCCC1C(=O)NC(C(=O)NC(CC(C)C)C(=O)NC(C)(C)C(=O)N1CCCC1C(=O)NC(CO)C(C)C)C(C)CC)C(C)C. The Labute approximate surface area is 491 Å². The third kappa shape index (κ3) is 20.7. The number of rotatable bonds is 32. The van der Waals surface area contributed by atoms with Gasteiger partial charge in [0, 0.05) is 26.4 Å². The zero-order valence-corrected chi connectivity index (χ0v) is 52.5. The molecule has 2 heterocycles. The molecule has 2 aliphatic rings. The second kappa shape index (κ2) is 32.0. The number of carbonyl (C=O) groups is 12. The minimum absolute atomic E-state index is 0.0534. The van der Waals surface area contributed by atoms with E-state index in [1.807, 2.05) is 34.6 Å². The fraction of sp³-hybridized carbons (Fsp3) is 0.793. The Bertz CT molecular complexity index is 2330. The van der Waals surface area contributed by atoms with Crippen LogP contribution in [0.25, 0.3) is 0 Å². The van der Waals surface area contributed by atoms with Crippen molar-refractivity contribution in [3.63, 3.8) is 0 Å². The van der Waals surface area contributed by atoms with Crippen molar-refractivity contribution < 1.29 is 62.6 Å². The normalized spacial score (nSPS) is 19.1. The van der Waals surface area contributed by atoms with Gasteiger partial charge in [-0.25, -0.2) is 0 Å². The van der Waals surface area contributed by atoms with E-state index in [0.717, 1.165) is 0 Å². The molecule has 0 bridgehead atoms. The number of nitrogens with zero attached hydrogens (tertiary/aromatic N) is 2. The summed E-state index contributed by atoms with van der Waals surface area (Å²) in [5.41, 5.74) is 0.816. The molecule has 2 aliphatic heterocycles.